The summed E-state index contributed by atoms with van der Waals surface area (Å²) in [7, 11) is 1.65. The third-order valence-electron chi connectivity index (χ3n) is 6.00. The van der Waals surface area contributed by atoms with Crippen LogP contribution in [-0.2, 0) is 17.8 Å². The summed E-state index contributed by atoms with van der Waals surface area (Å²) in [5.41, 5.74) is 3.87. The van der Waals surface area contributed by atoms with Gasteiger partial charge in [0.25, 0.3) is 0 Å². The van der Waals surface area contributed by atoms with Gasteiger partial charge in [-0.2, -0.15) is 0 Å². The van der Waals surface area contributed by atoms with Crippen molar-refractivity contribution in [3.05, 3.63) is 47.3 Å². The zero-order valence-electron chi connectivity index (χ0n) is 19.1. The molecule has 0 saturated carbocycles. The van der Waals surface area contributed by atoms with Crippen molar-refractivity contribution in [2.75, 3.05) is 19.5 Å². The Labute approximate surface area is 193 Å². The lowest BCUT2D eigenvalue weighted by atomic mass is 10.2. The molecule has 3 aromatic rings. The lowest BCUT2D eigenvalue weighted by Crippen LogP contribution is -2.17. The number of aromatic nitrogens is 4. The van der Waals surface area contributed by atoms with Gasteiger partial charge in [-0.1, -0.05) is 11.8 Å². The number of aryl methyl sites for hydroxylation is 1. The Hall–Kier alpha value is -2.58. The van der Waals surface area contributed by atoms with Crippen molar-refractivity contribution in [2.24, 2.45) is 0 Å². The first-order valence-corrected chi connectivity index (χ1v) is 12.0. The van der Waals surface area contributed by atoms with Crippen molar-refractivity contribution in [1.29, 1.82) is 0 Å². The van der Waals surface area contributed by atoms with Gasteiger partial charge in [0.15, 0.2) is 16.8 Å². The molecule has 2 aromatic heterocycles. The minimum atomic E-state index is 0.110. The van der Waals surface area contributed by atoms with Gasteiger partial charge in [0, 0.05) is 42.2 Å². The first-order chi connectivity index (χ1) is 15.5. The molecule has 0 bridgehead atoms. The summed E-state index contributed by atoms with van der Waals surface area (Å²) in [6.45, 7) is 8.51. The SMILES string of the molecule is CCn1c(SCC(=O)c2cc(C)n(CC3CCCO3)c2C)nnc1-c1ccc(OC)cc1. The summed E-state index contributed by atoms with van der Waals surface area (Å²) < 4.78 is 15.3. The van der Waals surface area contributed by atoms with Gasteiger partial charge in [0.2, 0.25) is 0 Å². The molecular weight excluding hydrogens is 424 g/mol. The smallest absolute Gasteiger partial charge is 0.191 e. The Morgan fingerprint density at radius 3 is 2.66 bits per heavy atom. The molecule has 0 amide bonds. The number of methoxy groups -OCH3 is 1. The second-order valence-electron chi connectivity index (χ2n) is 8.02. The van der Waals surface area contributed by atoms with Crippen LogP contribution in [0.3, 0.4) is 0 Å². The molecule has 1 unspecified atom stereocenters. The number of nitrogens with zero attached hydrogens (tertiary/aromatic N) is 4. The van der Waals surface area contributed by atoms with E-state index in [9.17, 15) is 4.79 Å². The van der Waals surface area contributed by atoms with Gasteiger partial charge in [-0.25, -0.2) is 0 Å². The molecule has 7 nitrogen and oxygen atoms in total. The number of ketones is 1. The van der Waals surface area contributed by atoms with E-state index < -0.39 is 0 Å². The number of thioether (sulfide) groups is 1. The first kappa shape index (κ1) is 22.6. The van der Waals surface area contributed by atoms with Crippen LogP contribution >= 0.6 is 11.8 Å². The molecule has 3 heterocycles. The summed E-state index contributed by atoms with van der Waals surface area (Å²) in [5.74, 6) is 2.03. The maximum Gasteiger partial charge on any atom is 0.191 e. The van der Waals surface area contributed by atoms with Crippen LogP contribution in [0.5, 0.6) is 5.75 Å². The molecule has 1 aliphatic heterocycles. The second kappa shape index (κ2) is 9.92. The topological polar surface area (TPSA) is 71.2 Å². The summed E-state index contributed by atoms with van der Waals surface area (Å²) >= 11 is 1.44. The number of ether oxygens (including phenoxy) is 2. The van der Waals surface area contributed by atoms with E-state index in [0.717, 1.165) is 71.8 Å². The molecule has 0 N–H and O–H groups in total. The van der Waals surface area contributed by atoms with E-state index in [2.05, 4.69) is 28.6 Å². The summed E-state index contributed by atoms with van der Waals surface area (Å²) in [6, 6.07) is 9.76. The Kier molecular flexibility index (Phi) is 7.01. The van der Waals surface area contributed by atoms with Gasteiger partial charge >= 0.3 is 0 Å². The summed E-state index contributed by atoms with van der Waals surface area (Å²) in [5, 5.41) is 9.48. The maximum absolute atomic E-state index is 13.1. The van der Waals surface area contributed by atoms with Gasteiger partial charge in [0.05, 0.1) is 19.0 Å². The number of Topliss-reactive ketones (excluding diaryl/α,β-unsaturated/α-hetero) is 1. The van der Waals surface area contributed by atoms with Gasteiger partial charge < -0.3 is 18.6 Å². The van der Waals surface area contributed by atoms with Gasteiger partial charge in [-0.15, -0.1) is 10.2 Å². The highest BCUT2D eigenvalue weighted by atomic mass is 32.2. The first-order valence-electron chi connectivity index (χ1n) is 11.0. The highest BCUT2D eigenvalue weighted by Crippen LogP contribution is 2.27. The van der Waals surface area contributed by atoms with Crippen LogP contribution in [0.1, 0.15) is 41.5 Å². The van der Waals surface area contributed by atoms with Crippen LogP contribution in [0.2, 0.25) is 0 Å². The molecule has 1 atom stereocenters. The van der Waals surface area contributed by atoms with E-state index in [1.807, 2.05) is 41.8 Å². The molecule has 170 valence electrons. The number of carbonyl (C=O) groups is 1. The fourth-order valence-corrected chi connectivity index (χ4v) is 5.08. The van der Waals surface area contributed by atoms with Crippen molar-refractivity contribution in [3.8, 4) is 17.1 Å². The standard InChI is InChI=1S/C24H30N4O3S/c1-5-27-23(18-8-10-19(30-4)11-9-18)25-26-24(27)32-15-22(29)21-13-16(2)28(17(21)3)14-20-7-6-12-31-20/h8-11,13,20H,5-7,12,14-15H2,1-4H3. The third-order valence-corrected chi connectivity index (χ3v) is 6.96. The average Bonchev–Trinajstić information content (AvgIpc) is 3.53. The molecule has 1 aliphatic rings. The molecule has 0 spiro atoms. The third kappa shape index (κ3) is 4.61. The summed E-state index contributed by atoms with van der Waals surface area (Å²) in [6.07, 6.45) is 2.44. The predicted molar refractivity (Wildman–Crippen MR) is 126 cm³/mol. The molecule has 32 heavy (non-hydrogen) atoms. The fourth-order valence-electron chi connectivity index (χ4n) is 4.20. The molecule has 1 fully saturated rings. The zero-order chi connectivity index (χ0) is 22.7. The monoisotopic (exact) mass is 454 g/mol. The van der Waals surface area contributed by atoms with Crippen LogP contribution in [0.4, 0.5) is 0 Å². The minimum Gasteiger partial charge on any atom is -0.497 e. The van der Waals surface area contributed by atoms with Crippen LogP contribution in [0.25, 0.3) is 11.4 Å². The number of carbonyl (C=O) groups excluding carboxylic acids is 1. The van der Waals surface area contributed by atoms with E-state index in [4.69, 9.17) is 9.47 Å². The Morgan fingerprint density at radius 1 is 1.22 bits per heavy atom. The number of benzene rings is 1. The Balaban J connectivity index is 1.46. The molecule has 1 aromatic carbocycles. The second-order valence-corrected chi connectivity index (χ2v) is 8.96. The lowest BCUT2D eigenvalue weighted by Gasteiger charge is -2.14. The van der Waals surface area contributed by atoms with Crippen molar-refractivity contribution in [1.82, 2.24) is 19.3 Å². The van der Waals surface area contributed by atoms with Crippen molar-refractivity contribution in [2.45, 2.75) is 58.0 Å². The molecule has 0 radical (unpaired) electrons. The fraction of sp³-hybridized carbons (Fsp3) is 0.458. The van der Waals surface area contributed by atoms with Crippen molar-refractivity contribution >= 4 is 17.5 Å². The normalized spacial score (nSPS) is 15.9. The zero-order valence-corrected chi connectivity index (χ0v) is 19.9. The highest BCUT2D eigenvalue weighted by Gasteiger charge is 2.22. The Bertz CT molecular complexity index is 1080. The lowest BCUT2D eigenvalue weighted by molar-refractivity contribution is 0.0957. The molecular formula is C24H30N4O3S. The largest absolute Gasteiger partial charge is 0.497 e. The van der Waals surface area contributed by atoms with E-state index in [0.29, 0.717) is 5.75 Å². The maximum atomic E-state index is 13.1. The number of hydrogen-bond donors (Lipinski definition) is 0. The molecule has 8 heteroatoms. The van der Waals surface area contributed by atoms with Crippen LogP contribution in [0.15, 0.2) is 35.5 Å². The van der Waals surface area contributed by atoms with E-state index >= 15 is 0 Å². The van der Waals surface area contributed by atoms with Crippen LogP contribution in [0, 0.1) is 13.8 Å². The van der Waals surface area contributed by atoms with Gasteiger partial charge in [-0.05, 0) is 63.9 Å². The number of rotatable bonds is 9. The van der Waals surface area contributed by atoms with Crippen molar-refractivity contribution < 1.29 is 14.3 Å². The van der Waals surface area contributed by atoms with Crippen LogP contribution < -0.4 is 4.74 Å². The molecule has 4 rings (SSSR count). The predicted octanol–water partition coefficient (Wildman–Crippen LogP) is 4.55. The highest BCUT2D eigenvalue weighted by molar-refractivity contribution is 7.99. The van der Waals surface area contributed by atoms with Crippen LogP contribution in [-0.4, -0.2) is 50.7 Å². The summed E-state index contributed by atoms with van der Waals surface area (Å²) in [4.78, 5) is 13.1. The van der Waals surface area contributed by atoms with Gasteiger partial charge in [-0.3, -0.25) is 4.79 Å². The Morgan fingerprint density at radius 2 is 2.00 bits per heavy atom. The van der Waals surface area contributed by atoms with E-state index in [-0.39, 0.29) is 11.9 Å². The van der Waals surface area contributed by atoms with Crippen molar-refractivity contribution in [3.63, 3.8) is 0 Å². The number of hydrogen-bond acceptors (Lipinski definition) is 6. The van der Waals surface area contributed by atoms with Gasteiger partial charge in [0.1, 0.15) is 5.75 Å². The van der Waals surface area contributed by atoms with E-state index in [1.54, 1.807) is 7.11 Å². The molecule has 1 saturated heterocycles. The quantitative estimate of drug-likeness (QED) is 0.349. The average molecular weight is 455 g/mol. The van der Waals surface area contributed by atoms with E-state index in [1.165, 1.54) is 11.8 Å². The minimum absolute atomic E-state index is 0.110. The molecule has 0 aliphatic carbocycles.